The number of aliphatic hydroxyl groups excluding tert-OH is 2. The van der Waals surface area contributed by atoms with E-state index in [0.29, 0.717) is 13.2 Å². The minimum atomic E-state index is -0.639. The summed E-state index contributed by atoms with van der Waals surface area (Å²) in [6.45, 7) is 4.50. The highest BCUT2D eigenvalue weighted by molar-refractivity contribution is 7.96. The van der Waals surface area contributed by atoms with Crippen LogP contribution in [0, 0.1) is 0 Å². The molecule has 0 unspecified atom stereocenters. The third-order valence-electron chi connectivity index (χ3n) is 0.447. The molecule has 16 heavy (non-hydrogen) atoms. The summed E-state index contributed by atoms with van der Waals surface area (Å²) >= 11 is 6.21. The third kappa shape index (κ3) is 879. The van der Waals surface area contributed by atoms with Gasteiger partial charge in [0.05, 0.1) is 0 Å². The van der Waals surface area contributed by atoms with Crippen molar-refractivity contribution in [3.63, 3.8) is 0 Å². The Morgan fingerprint density at radius 2 is 1.00 bits per heavy atom. The van der Waals surface area contributed by atoms with Gasteiger partial charge in [0, 0.05) is 13.2 Å². The molecule has 6 N–H and O–H groups in total. The standard InChI is InChI=1S/2C3H8O.2CH3NOS/c2*1-2-3-4;2*2-1(3)4/h2*4H,2-3H2,1H3;2*(H3,2,3,4). The minimum Gasteiger partial charge on any atom is -0.396 e. The van der Waals surface area contributed by atoms with Crippen molar-refractivity contribution < 1.29 is 19.8 Å². The molecule has 0 heterocycles. The number of primary amides is 2. The van der Waals surface area contributed by atoms with Gasteiger partial charge in [0.1, 0.15) is 0 Å². The Kier molecular flexibility index (Phi) is 45.2. The van der Waals surface area contributed by atoms with Crippen molar-refractivity contribution >= 4 is 35.7 Å². The van der Waals surface area contributed by atoms with Crippen LogP contribution in [0.5, 0.6) is 0 Å². The van der Waals surface area contributed by atoms with E-state index in [4.69, 9.17) is 19.8 Å². The van der Waals surface area contributed by atoms with E-state index in [1.165, 1.54) is 0 Å². The van der Waals surface area contributed by atoms with Crippen LogP contribution in [0.2, 0.25) is 0 Å². The van der Waals surface area contributed by atoms with Gasteiger partial charge < -0.3 is 21.7 Å². The predicted molar refractivity (Wildman–Crippen MR) is 71.9 cm³/mol. The number of amides is 2. The summed E-state index contributed by atoms with van der Waals surface area (Å²) in [4.78, 5) is 18.2. The molecular formula is C8H22N2O4S2. The summed E-state index contributed by atoms with van der Waals surface area (Å²) in [5, 5.41) is 14.5. The maximum atomic E-state index is 9.09. The Morgan fingerprint density at radius 3 is 1.00 bits per heavy atom. The number of hydrogen-bond acceptors (Lipinski definition) is 4. The lowest BCUT2D eigenvalue weighted by atomic mass is 10.5. The second kappa shape index (κ2) is 29.3. The predicted octanol–water partition coefficient (Wildman–Crippen LogP) is 0.767. The van der Waals surface area contributed by atoms with Crippen molar-refractivity contribution in [3.8, 4) is 0 Å². The average Bonchev–Trinajstić information content (AvgIpc) is 2.16. The van der Waals surface area contributed by atoms with E-state index in [-0.39, 0.29) is 0 Å². The molecule has 0 aliphatic carbocycles. The number of carbonyl (C=O) groups excluding carboxylic acids is 2. The molecule has 0 spiro atoms. The van der Waals surface area contributed by atoms with E-state index >= 15 is 0 Å². The molecule has 0 bridgehead atoms. The Labute approximate surface area is 107 Å². The van der Waals surface area contributed by atoms with Gasteiger partial charge in [0.25, 0.3) is 10.5 Å². The fourth-order valence-electron chi connectivity index (χ4n) is 0. The Balaban J connectivity index is -0.0000000600. The highest BCUT2D eigenvalue weighted by Crippen LogP contribution is 1.62. The Morgan fingerprint density at radius 1 is 0.938 bits per heavy atom. The fourth-order valence-corrected chi connectivity index (χ4v) is 0. The van der Waals surface area contributed by atoms with Crippen LogP contribution in [0.1, 0.15) is 26.7 Å². The molecule has 0 rings (SSSR count). The summed E-state index contributed by atoms with van der Waals surface area (Å²) in [7, 11) is 0. The lowest BCUT2D eigenvalue weighted by molar-refractivity contribution is 0.266. The van der Waals surface area contributed by atoms with E-state index in [9.17, 15) is 0 Å². The molecule has 0 saturated heterocycles. The molecule has 100 valence electrons. The molecule has 0 aromatic heterocycles. The number of aliphatic hydroxyl groups is 2. The number of nitrogens with two attached hydrogens (primary N) is 2. The monoisotopic (exact) mass is 274 g/mol. The van der Waals surface area contributed by atoms with E-state index in [2.05, 4.69) is 36.7 Å². The van der Waals surface area contributed by atoms with Crippen molar-refractivity contribution in [1.82, 2.24) is 0 Å². The van der Waals surface area contributed by atoms with E-state index < -0.39 is 10.5 Å². The van der Waals surface area contributed by atoms with E-state index in [1.54, 1.807) is 0 Å². The first-order valence-corrected chi connectivity index (χ1v) is 5.37. The molecule has 0 aromatic carbocycles. The first-order chi connectivity index (χ1) is 7.29. The molecule has 6 nitrogen and oxygen atoms in total. The molecule has 0 aliphatic heterocycles. The van der Waals surface area contributed by atoms with Gasteiger partial charge in [-0.1, -0.05) is 39.1 Å². The Bertz CT molecular complexity index is 120. The molecule has 0 aromatic rings. The summed E-state index contributed by atoms with van der Waals surface area (Å²) in [6, 6.07) is 0. The number of rotatable bonds is 2. The van der Waals surface area contributed by atoms with Crippen LogP contribution in [0.4, 0.5) is 9.59 Å². The first kappa shape index (κ1) is 24.7. The normalized spacial score (nSPS) is 6.88. The van der Waals surface area contributed by atoms with Crippen LogP contribution in [0.3, 0.4) is 0 Å². The van der Waals surface area contributed by atoms with Crippen LogP contribution >= 0.6 is 25.3 Å². The molecule has 0 fully saturated rings. The first-order valence-electron chi connectivity index (χ1n) is 4.48. The molecule has 0 radical (unpaired) electrons. The highest BCUT2D eigenvalue weighted by Gasteiger charge is 1.63. The SMILES string of the molecule is CCCO.CCCO.NC(=O)S.NC(=O)S. The van der Waals surface area contributed by atoms with E-state index in [0.717, 1.165) is 12.8 Å². The average molecular weight is 274 g/mol. The van der Waals surface area contributed by atoms with Gasteiger partial charge in [-0.3, -0.25) is 9.59 Å². The lowest BCUT2D eigenvalue weighted by Gasteiger charge is -1.69. The minimum absolute atomic E-state index is 0.319. The smallest absolute Gasteiger partial charge is 0.273 e. The fraction of sp³-hybridized carbons (Fsp3) is 0.750. The second-order valence-corrected chi connectivity index (χ2v) is 3.01. The van der Waals surface area contributed by atoms with Gasteiger partial charge in [-0.2, -0.15) is 0 Å². The maximum Gasteiger partial charge on any atom is 0.273 e. The summed E-state index contributed by atoms with van der Waals surface area (Å²) in [5.74, 6) is 0. The molecule has 2 amide bonds. The quantitative estimate of drug-likeness (QED) is 0.416. The zero-order chi connectivity index (χ0) is 14.0. The number of hydrogen-bond donors (Lipinski definition) is 6. The van der Waals surface area contributed by atoms with Crippen molar-refractivity contribution in [2.24, 2.45) is 11.5 Å². The van der Waals surface area contributed by atoms with Crippen LogP contribution in [0.25, 0.3) is 0 Å². The zero-order valence-electron chi connectivity index (χ0n) is 9.59. The van der Waals surface area contributed by atoms with Crippen molar-refractivity contribution in [1.29, 1.82) is 0 Å². The van der Waals surface area contributed by atoms with Gasteiger partial charge in [0.2, 0.25) is 0 Å². The zero-order valence-corrected chi connectivity index (χ0v) is 11.4. The molecule has 0 aliphatic rings. The molecule has 0 atom stereocenters. The van der Waals surface area contributed by atoms with Gasteiger partial charge in [-0.15, -0.1) is 0 Å². The van der Waals surface area contributed by atoms with Crippen molar-refractivity contribution in [2.45, 2.75) is 26.7 Å². The van der Waals surface area contributed by atoms with Gasteiger partial charge >= 0.3 is 0 Å². The topological polar surface area (TPSA) is 127 Å². The van der Waals surface area contributed by atoms with Gasteiger partial charge in [-0.05, 0) is 12.8 Å². The highest BCUT2D eigenvalue weighted by atomic mass is 32.1. The van der Waals surface area contributed by atoms with Crippen molar-refractivity contribution in [3.05, 3.63) is 0 Å². The third-order valence-corrected chi connectivity index (χ3v) is 0.447. The maximum absolute atomic E-state index is 9.09. The number of carbonyl (C=O) groups is 2. The second-order valence-electron chi connectivity index (χ2n) is 2.12. The van der Waals surface area contributed by atoms with Crippen molar-refractivity contribution in [2.75, 3.05) is 13.2 Å². The van der Waals surface area contributed by atoms with Gasteiger partial charge in [-0.25, -0.2) is 0 Å². The summed E-state index contributed by atoms with van der Waals surface area (Å²) in [6.07, 6.45) is 1.75. The van der Waals surface area contributed by atoms with Crippen LogP contribution < -0.4 is 11.5 Å². The largest absolute Gasteiger partial charge is 0.396 e. The van der Waals surface area contributed by atoms with E-state index in [1.807, 2.05) is 13.8 Å². The molecular weight excluding hydrogens is 252 g/mol. The molecule has 0 saturated carbocycles. The van der Waals surface area contributed by atoms with Crippen LogP contribution in [0.15, 0.2) is 0 Å². The summed E-state index contributed by atoms with van der Waals surface area (Å²) in [5.41, 5.74) is 8.67. The molecule has 8 heteroatoms. The van der Waals surface area contributed by atoms with Gasteiger partial charge in [0.15, 0.2) is 0 Å². The number of thiol groups is 2. The summed E-state index contributed by atoms with van der Waals surface area (Å²) < 4.78 is 0. The van der Waals surface area contributed by atoms with Crippen LogP contribution in [-0.2, 0) is 0 Å². The Hall–Kier alpha value is -0.440. The lowest BCUT2D eigenvalue weighted by Crippen LogP contribution is -1.95. The van der Waals surface area contributed by atoms with Crippen LogP contribution in [-0.4, -0.2) is 33.9 Å².